The van der Waals surface area contributed by atoms with Gasteiger partial charge in [-0.05, 0) is 19.2 Å². The molecule has 0 saturated carbocycles. The summed E-state index contributed by atoms with van der Waals surface area (Å²) in [7, 11) is 3.21. The monoisotopic (exact) mass is 209 g/mol. The molecule has 0 aromatic carbocycles. The Hall–Kier alpha value is -1.62. The maximum atomic E-state index is 11.3. The number of rotatable bonds is 5. The van der Waals surface area contributed by atoms with Crippen LogP contribution in [0.3, 0.4) is 0 Å². The Morgan fingerprint density at radius 2 is 2.33 bits per heavy atom. The molecule has 0 amide bonds. The minimum absolute atomic E-state index is 0.316. The molecular formula is C10H15N3O2. The van der Waals surface area contributed by atoms with Gasteiger partial charge in [-0.3, -0.25) is 0 Å². The van der Waals surface area contributed by atoms with Gasteiger partial charge >= 0.3 is 5.97 Å². The van der Waals surface area contributed by atoms with Crippen LogP contribution in [0.2, 0.25) is 0 Å². The summed E-state index contributed by atoms with van der Waals surface area (Å²) in [5.41, 5.74) is 1.01. The quantitative estimate of drug-likeness (QED) is 0.546. The lowest BCUT2D eigenvalue weighted by molar-refractivity contribution is 0.0595. The Kier molecular flexibility index (Phi) is 4.56. The van der Waals surface area contributed by atoms with Gasteiger partial charge in [-0.15, -0.1) is 0 Å². The summed E-state index contributed by atoms with van der Waals surface area (Å²) in [5.74, 6) is -0.428. The predicted molar refractivity (Wildman–Crippen MR) is 58.0 cm³/mol. The van der Waals surface area contributed by atoms with E-state index < -0.39 is 5.97 Å². The average molecular weight is 209 g/mol. The minimum atomic E-state index is -0.428. The van der Waals surface area contributed by atoms with Crippen LogP contribution >= 0.6 is 0 Å². The van der Waals surface area contributed by atoms with E-state index in [0.29, 0.717) is 11.4 Å². The number of hydrogen-bond acceptors (Lipinski definition) is 5. The standard InChI is InChI=1S/C10H15N3O2/c1-11-6-7-12-8-4-3-5-13-9(8)10(14)15-2/h3-5,11-12H,6-7H2,1-2H3. The number of likely N-dealkylation sites (N-methyl/N-ethyl adjacent to an activating group) is 1. The molecule has 0 fully saturated rings. The van der Waals surface area contributed by atoms with Gasteiger partial charge in [0.2, 0.25) is 0 Å². The van der Waals surface area contributed by atoms with Gasteiger partial charge in [-0.2, -0.15) is 0 Å². The third kappa shape index (κ3) is 3.21. The Labute approximate surface area is 88.9 Å². The first kappa shape index (κ1) is 11.5. The highest BCUT2D eigenvalue weighted by atomic mass is 16.5. The first-order valence-electron chi connectivity index (χ1n) is 4.71. The third-order valence-electron chi connectivity index (χ3n) is 1.88. The molecule has 0 unspecified atom stereocenters. The molecule has 82 valence electrons. The van der Waals surface area contributed by atoms with E-state index in [1.54, 1.807) is 18.3 Å². The van der Waals surface area contributed by atoms with Crippen molar-refractivity contribution in [1.29, 1.82) is 0 Å². The lowest BCUT2D eigenvalue weighted by atomic mass is 10.3. The normalized spacial score (nSPS) is 9.73. The lowest BCUT2D eigenvalue weighted by Gasteiger charge is -2.08. The maximum Gasteiger partial charge on any atom is 0.358 e. The number of nitrogens with one attached hydrogen (secondary N) is 2. The molecule has 0 spiro atoms. The summed E-state index contributed by atoms with van der Waals surface area (Å²) in [4.78, 5) is 15.3. The first-order valence-corrected chi connectivity index (χ1v) is 4.71. The average Bonchev–Trinajstić information content (AvgIpc) is 2.29. The van der Waals surface area contributed by atoms with Crippen molar-refractivity contribution in [3.05, 3.63) is 24.0 Å². The molecule has 2 N–H and O–H groups in total. The van der Waals surface area contributed by atoms with Crippen LogP contribution in [0.25, 0.3) is 0 Å². The topological polar surface area (TPSA) is 63.2 Å². The summed E-state index contributed by atoms with van der Waals surface area (Å²) >= 11 is 0. The number of pyridine rings is 1. The van der Waals surface area contributed by atoms with Crippen molar-refractivity contribution < 1.29 is 9.53 Å². The smallest absolute Gasteiger partial charge is 0.358 e. The van der Waals surface area contributed by atoms with Crippen LogP contribution in [0, 0.1) is 0 Å². The van der Waals surface area contributed by atoms with E-state index in [9.17, 15) is 4.79 Å². The molecule has 1 rings (SSSR count). The molecular weight excluding hydrogens is 194 g/mol. The number of ether oxygens (including phenoxy) is 1. The van der Waals surface area contributed by atoms with E-state index in [0.717, 1.165) is 13.1 Å². The second kappa shape index (κ2) is 5.98. The van der Waals surface area contributed by atoms with Crippen LogP contribution < -0.4 is 10.6 Å². The summed E-state index contributed by atoms with van der Waals surface area (Å²) in [6.45, 7) is 1.54. The number of aromatic nitrogens is 1. The molecule has 0 aliphatic carbocycles. The zero-order valence-corrected chi connectivity index (χ0v) is 8.91. The van der Waals surface area contributed by atoms with Crippen molar-refractivity contribution in [3.8, 4) is 0 Å². The van der Waals surface area contributed by atoms with Crippen molar-refractivity contribution in [2.24, 2.45) is 0 Å². The van der Waals surface area contributed by atoms with Crippen LogP contribution in [-0.2, 0) is 4.74 Å². The van der Waals surface area contributed by atoms with Gasteiger partial charge in [0.25, 0.3) is 0 Å². The van der Waals surface area contributed by atoms with Crippen molar-refractivity contribution in [1.82, 2.24) is 10.3 Å². The molecule has 0 atom stereocenters. The van der Waals surface area contributed by atoms with E-state index >= 15 is 0 Å². The summed E-state index contributed by atoms with van der Waals surface area (Å²) in [6, 6.07) is 3.57. The van der Waals surface area contributed by atoms with Crippen LogP contribution in [0.15, 0.2) is 18.3 Å². The first-order chi connectivity index (χ1) is 7.29. The fraction of sp³-hybridized carbons (Fsp3) is 0.400. The fourth-order valence-corrected chi connectivity index (χ4v) is 1.13. The summed E-state index contributed by atoms with van der Waals surface area (Å²) < 4.78 is 4.63. The molecule has 1 aromatic heterocycles. The summed E-state index contributed by atoms with van der Waals surface area (Å²) in [5, 5.41) is 6.11. The highest BCUT2D eigenvalue weighted by molar-refractivity contribution is 5.93. The minimum Gasteiger partial charge on any atom is -0.464 e. The largest absolute Gasteiger partial charge is 0.464 e. The van der Waals surface area contributed by atoms with E-state index in [-0.39, 0.29) is 0 Å². The number of carbonyl (C=O) groups excluding carboxylic acids is 1. The number of esters is 1. The van der Waals surface area contributed by atoms with Gasteiger partial charge in [-0.25, -0.2) is 9.78 Å². The zero-order chi connectivity index (χ0) is 11.1. The lowest BCUT2D eigenvalue weighted by Crippen LogP contribution is -2.19. The number of methoxy groups -OCH3 is 1. The number of hydrogen-bond donors (Lipinski definition) is 2. The third-order valence-corrected chi connectivity index (χ3v) is 1.88. The molecule has 0 bridgehead atoms. The van der Waals surface area contributed by atoms with Gasteiger partial charge in [0.05, 0.1) is 12.8 Å². The molecule has 15 heavy (non-hydrogen) atoms. The highest BCUT2D eigenvalue weighted by Gasteiger charge is 2.11. The molecule has 0 radical (unpaired) electrons. The van der Waals surface area contributed by atoms with Gasteiger partial charge in [0.15, 0.2) is 5.69 Å². The van der Waals surface area contributed by atoms with Crippen molar-refractivity contribution in [2.45, 2.75) is 0 Å². The predicted octanol–water partition coefficient (Wildman–Crippen LogP) is 0.499. The van der Waals surface area contributed by atoms with Gasteiger partial charge < -0.3 is 15.4 Å². The van der Waals surface area contributed by atoms with Crippen molar-refractivity contribution in [2.75, 3.05) is 32.6 Å². The summed E-state index contributed by atoms with van der Waals surface area (Å²) in [6.07, 6.45) is 1.56. The van der Waals surface area contributed by atoms with E-state index in [1.165, 1.54) is 7.11 Å². The Morgan fingerprint density at radius 3 is 3.00 bits per heavy atom. The zero-order valence-electron chi connectivity index (χ0n) is 8.91. The Bertz CT molecular complexity index is 328. The Balaban J connectivity index is 2.73. The van der Waals surface area contributed by atoms with Gasteiger partial charge in [0.1, 0.15) is 0 Å². The van der Waals surface area contributed by atoms with Gasteiger partial charge in [0, 0.05) is 19.3 Å². The molecule has 1 aromatic rings. The molecule has 1 heterocycles. The maximum absolute atomic E-state index is 11.3. The van der Waals surface area contributed by atoms with E-state index in [2.05, 4.69) is 20.4 Å². The molecule has 0 saturated heterocycles. The molecule has 5 heteroatoms. The van der Waals surface area contributed by atoms with E-state index in [1.807, 2.05) is 7.05 Å². The van der Waals surface area contributed by atoms with Crippen LogP contribution in [-0.4, -0.2) is 38.2 Å². The van der Waals surface area contributed by atoms with E-state index in [4.69, 9.17) is 0 Å². The second-order valence-corrected chi connectivity index (χ2v) is 2.92. The highest BCUT2D eigenvalue weighted by Crippen LogP contribution is 2.12. The van der Waals surface area contributed by atoms with Gasteiger partial charge in [-0.1, -0.05) is 0 Å². The van der Waals surface area contributed by atoms with Crippen LogP contribution in [0.1, 0.15) is 10.5 Å². The fourth-order valence-electron chi connectivity index (χ4n) is 1.13. The van der Waals surface area contributed by atoms with Crippen LogP contribution in [0.5, 0.6) is 0 Å². The van der Waals surface area contributed by atoms with Crippen molar-refractivity contribution in [3.63, 3.8) is 0 Å². The SMILES string of the molecule is CNCCNc1cccnc1C(=O)OC. The Morgan fingerprint density at radius 1 is 1.53 bits per heavy atom. The molecule has 0 aliphatic rings. The number of nitrogens with zero attached hydrogens (tertiary/aromatic N) is 1. The van der Waals surface area contributed by atoms with Crippen molar-refractivity contribution >= 4 is 11.7 Å². The molecule has 5 nitrogen and oxygen atoms in total. The molecule has 0 aliphatic heterocycles. The second-order valence-electron chi connectivity index (χ2n) is 2.92. The van der Waals surface area contributed by atoms with Crippen LogP contribution in [0.4, 0.5) is 5.69 Å². The number of anilines is 1. The number of carbonyl (C=O) groups is 1.